The summed E-state index contributed by atoms with van der Waals surface area (Å²) < 4.78 is 0. The molecule has 0 nitrogen and oxygen atoms in total. The first-order valence-corrected chi connectivity index (χ1v) is 8.52. The first kappa shape index (κ1) is 10.7. The van der Waals surface area contributed by atoms with E-state index in [9.17, 15) is 0 Å². The van der Waals surface area contributed by atoms with Gasteiger partial charge in [0, 0.05) is 0 Å². The van der Waals surface area contributed by atoms with Crippen molar-refractivity contribution in [1.82, 2.24) is 0 Å². The second-order valence-electron chi connectivity index (χ2n) is 3.68. The third kappa shape index (κ3) is 2.23. The molecule has 0 atom stereocenters. The second kappa shape index (κ2) is 4.35. The predicted molar refractivity (Wildman–Crippen MR) is 73.3 cm³/mol. The van der Waals surface area contributed by atoms with Gasteiger partial charge in [-0.3, -0.25) is 0 Å². The number of rotatable bonds is 2. The highest BCUT2D eigenvalue weighted by molar-refractivity contribution is 8.08. The van der Waals surface area contributed by atoms with E-state index in [2.05, 4.69) is 75.9 Å². The monoisotopic (exact) mass is 232 g/mol. The highest BCUT2D eigenvalue weighted by Gasteiger charge is 2.12. The Labute approximate surface area is 93.4 Å². The fraction of sp³-hybridized carbons (Fsp3) is 0.0769. The summed E-state index contributed by atoms with van der Waals surface area (Å²) in [6, 6.07) is 21.2. The van der Waals surface area contributed by atoms with Crippen LogP contribution in [0, 0.1) is 0 Å². The molecule has 0 unspecified atom stereocenters. The van der Waals surface area contributed by atoms with Gasteiger partial charge in [-0.05, 0) is 23.8 Å². The molecule has 0 aliphatic carbocycles. The second-order valence-corrected chi connectivity index (χ2v) is 9.41. The van der Waals surface area contributed by atoms with Crippen LogP contribution in [0.25, 0.3) is 0 Å². The normalized spacial score (nSPS) is 11.3. The standard InChI is InChI=1S/C13H14P2/c1-15(14,12-8-4-2-5-9-12)13-10-6-3-7-11-13/h2-11,14H,1H3. The van der Waals surface area contributed by atoms with Crippen LogP contribution in [0.1, 0.15) is 0 Å². The molecule has 0 radical (unpaired) electrons. The molecule has 0 saturated heterocycles. The van der Waals surface area contributed by atoms with Crippen molar-refractivity contribution in [2.75, 3.05) is 6.66 Å². The first-order valence-electron chi connectivity index (χ1n) is 4.94. The van der Waals surface area contributed by atoms with Crippen LogP contribution in [0.5, 0.6) is 0 Å². The summed E-state index contributed by atoms with van der Waals surface area (Å²) in [7, 11) is 3.97. The first-order chi connectivity index (χ1) is 7.21. The zero-order valence-corrected chi connectivity index (χ0v) is 10.6. The Morgan fingerprint density at radius 1 is 0.733 bits per heavy atom. The Bertz CT molecular complexity index is 431. The molecule has 0 aromatic heterocycles. The third-order valence-electron chi connectivity index (χ3n) is 2.55. The van der Waals surface area contributed by atoms with Gasteiger partial charge in [-0.2, -0.15) is 0 Å². The molecule has 0 aliphatic heterocycles. The van der Waals surface area contributed by atoms with Gasteiger partial charge in [0.25, 0.3) is 0 Å². The molecule has 0 heterocycles. The molecule has 15 heavy (non-hydrogen) atoms. The minimum atomic E-state index is -1.34. The van der Waals surface area contributed by atoms with E-state index >= 15 is 0 Å². The lowest BCUT2D eigenvalue weighted by atomic mass is 10.4. The molecule has 2 aromatic rings. The summed E-state index contributed by atoms with van der Waals surface area (Å²) in [5.74, 6) is 0. The smallest absolute Gasteiger partial charge is 0.0167 e. The fourth-order valence-electron chi connectivity index (χ4n) is 1.60. The van der Waals surface area contributed by atoms with Gasteiger partial charge in [0.05, 0.1) is 0 Å². The summed E-state index contributed by atoms with van der Waals surface area (Å²) in [5, 5.41) is 2.76. The maximum absolute atomic E-state index is 3.97. The predicted octanol–water partition coefficient (Wildman–Crippen LogP) is 3.34. The maximum atomic E-state index is 3.97. The molecule has 0 N–H and O–H groups in total. The zero-order chi connectivity index (χ0) is 10.7. The highest BCUT2D eigenvalue weighted by Crippen LogP contribution is 2.44. The molecule has 76 valence electrons. The van der Waals surface area contributed by atoms with Gasteiger partial charge in [-0.15, -0.1) is 8.53 Å². The van der Waals surface area contributed by atoms with Crippen LogP contribution < -0.4 is 10.6 Å². The summed E-state index contributed by atoms with van der Waals surface area (Å²) >= 11 is 0. The van der Waals surface area contributed by atoms with Crippen molar-refractivity contribution in [3.63, 3.8) is 0 Å². The van der Waals surface area contributed by atoms with Crippen molar-refractivity contribution in [3.05, 3.63) is 60.7 Å². The van der Waals surface area contributed by atoms with Crippen LogP contribution in [-0.4, -0.2) is 6.66 Å². The van der Waals surface area contributed by atoms with Crippen LogP contribution in [-0.2, 0) is 0 Å². The van der Waals surface area contributed by atoms with Gasteiger partial charge in [0.15, 0.2) is 0 Å². The van der Waals surface area contributed by atoms with E-state index < -0.39 is 6.55 Å². The highest BCUT2D eigenvalue weighted by atomic mass is 31.8. The van der Waals surface area contributed by atoms with Crippen LogP contribution in [0.15, 0.2) is 60.7 Å². The number of hydrogen-bond donors (Lipinski definition) is 0. The average molecular weight is 232 g/mol. The summed E-state index contributed by atoms with van der Waals surface area (Å²) in [6.07, 6.45) is 0. The lowest BCUT2D eigenvalue weighted by Gasteiger charge is -2.19. The van der Waals surface area contributed by atoms with Gasteiger partial charge in [-0.25, -0.2) is 0 Å². The third-order valence-corrected chi connectivity index (χ3v) is 6.76. The Morgan fingerprint density at radius 3 is 1.40 bits per heavy atom. The average Bonchev–Trinajstić information content (AvgIpc) is 2.31. The zero-order valence-electron chi connectivity index (χ0n) is 8.72. The van der Waals surface area contributed by atoms with E-state index in [4.69, 9.17) is 0 Å². The minimum absolute atomic E-state index is 1.34. The number of benzene rings is 2. The van der Waals surface area contributed by atoms with Gasteiger partial charge in [0.2, 0.25) is 0 Å². The van der Waals surface area contributed by atoms with Crippen LogP contribution >= 0.6 is 15.1 Å². The minimum Gasteiger partial charge on any atom is -0.117 e. The quantitative estimate of drug-likeness (QED) is 0.696. The van der Waals surface area contributed by atoms with E-state index in [1.807, 2.05) is 0 Å². The van der Waals surface area contributed by atoms with Crippen molar-refractivity contribution in [1.29, 1.82) is 0 Å². The van der Waals surface area contributed by atoms with Crippen LogP contribution in [0.2, 0.25) is 0 Å². The van der Waals surface area contributed by atoms with Gasteiger partial charge in [0.1, 0.15) is 0 Å². The molecule has 2 heteroatoms. The largest absolute Gasteiger partial charge is 0.117 e. The summed E-state index contributed by atoms with van der Waals surface area (Å²) in [4.78, 5) is 0. The lowest BCUT2D eigenvalue weighted by Crippen LogP contribution is -2.12. The van der Waals surface area contributed by atoms with Crippen LogP contribution in [0.4, 0.5) is 0 Å². The Hall–Kier alpha value is -0.830. The van der Waals surface area contributed by atoms with E-state index in [0.717, 1.165) is 0 Å². The molecule has 0 saturated carbocycles. The molecule has 0 amide bonds. The van der Waals surface area contributed by atoms with E-state index in [-0.39, 0.29) is 0 Å². The Kier molecular flexibility index (Phi) is 3.10. The fourth-order valence-corrected chi connectivity index (χ4v) is 4.33. The van der Waals surface area contributed by atoms with Crippen molar-refractivity contribution < 1.29 is 0 Å². The van der Waals surface area contributed by atoms with Crippen molar-refractivity contribution >= 4 is 25.7 Å². The van der Waals surface area contributed by atoms with Crippen LogP contribution in [0.3, 0.4) is 0 Å². The number of hydrogen-bond acceptors (Lipinski definition) is 0. The van der Waals surface area contributed by atoms with E-state index in [0.29, 0.717) is 0 Å². The molecular formula is C13H14P2. The molecule has 2 rings (SSSR count). The topological polar surface area (TPSA) is 0 Å². The molecule has 0 spiro atoms. The maximum Gasteiger partial charge on any atom is -0.0167 e. The van der Waals surface area contributed by atoms with E-state index in [1.54, 1.807) is 0 Å². The van der Waals surface area contributed by atoms with Crippen molar-refractivity contribution in [3.8, 4) is 0 Å². The van der Waals surface area contributed by atoms with Crippen molar-refractivity contribution in [2.45, 2.75) is 0 Å². The molecule has 0 bridgehead atoms. The summed E-state index contributed by atoms with van der Waals surface area (Å²) in [5.41, 5.74) is 0. The lowest BCUT2D eigenvalue weighted by molar-refractivity contribution is 1.75. The Morgan fingerprint density at radius 2 is 1.07 bits per heavy atom. The van der Waals surface area contributed by atoms with Gasteiger partial charge in [-0.1, -0.05) is 60.7 Å². The molecular weight excluding hydrogens is 218 g/mol. The Balaban J connectivity index is 2.50. The van der Waals surface area contributed by atoms with Crippen molar-refractivity contribution in [2.24, 2.45) is 0 Å². The SMILES string of the molecule is CP(=P)(c1ccccc1)c1ccccc1. The summed E-state index contributed by atoms with van der Waals surface area (Å²) in [6.45, 7) is 0.945. The van der Waals surface area contributed by atoms with E-state index in [1.165, 1.54) is 10.6 Å². The van der Waals surface area contributed by atoms with Gasteiger partial charge >= 0.3 is 0 Å². The van der Waals surface area contributed by atoms with Gasteiger partial charge < -0.3 is 0 Å². The molecule has 0 fully saturated rings. The molecule has 0 aliphatic rings. The molecule has 2 aromatic carbocycles.